The minimum absolute atomic E-state index is 0.0235. The number of methoxy groups -OCH3 is 4. The number of esters is 1. The number of anilines is 1. The molecule has 0 spiro atoms. The molecule has 0 aromatic carbocycles. The van der Waals surface area contributed by atoms with Crippen LogP contribution in [0, 0.1) is 35.5 Å². The number of aromatic nitrogens is 8. The first-order valence-electron chi connectivity index (χ1n) is 46.0. The van der Waals surface area contributed by atoms with Gasteiger partial charge in [-0.05, 0) is 151 Å². The summed E-state index contributed by atoms with van der Waals surface area (Å²) in [5.41, 5.74) is 13.0. The number of fused-ring (bicyclic) bond motifs is 5. The number of piperidine rings is 1. The Balaban J connectivity index is 0.592. The number of nitrogens with one attached hydrogen (secondary N) is 1. The lowest BCUT2D eigenvalue weighted by molar-refractivity contribution is -0.265. The van der Waals surface area contributed by atoms with Gasteiger partial charge in [0.25, 0.3) is 11.7 Å². The predicted octanol–water partition coefficient (Wildman–Crippen LogP) is 9.74. The number of allylic oxidation sites excluding steroid dienone is 6. The summed E-state index contributed by atoms with van der Waals surface area (Å²) in [6.45, 7) is 22.5. The fraction of sp³-hybridized carbons (Fsp3) is 0.713. The second kappa shape index (κ2) is 55.6. The number of nitrogens with zero attached hydrogens (tertiary/aromatic N) is 9. The van der Waals surface area contributed by atoms with Gasteiger partial charge in [-0.1, -0.05) is 88.4 Å². The summed E-state index contributed by atoms with van der Waals surface area (Å²) in [5.74, 6) is -6.59. The van der Waals surface area contributed by atoms with E-state index < -0.39 is 77.9 Å². The van der Waals surface area contributed by atoms with E-state index in [-0.39, 0.29) is 73.4 Å². The van der Waals surface area contributed by atoms with E-state index in [4.69, 9.17) is 81.9 Å². The Kier molecular flexibility index (Phi) is 45.2. The number of aryl methyl sites for hydroxylation is 2. The maximum atomic E-state index is 14.9. The molecular formula is C94H145N11O22. The van der Waals surface area contributed by atoms with E-state index in [2.05, 4.69) is 55.7 Å². The third-order valence-electron chi connectivity index (χ3n) is 24.8. The molecule has 2 amide bonds. The van der Waals surface area contributed by atoms with Crippen LogP contribution in [0.2, 0.25) is 0 Å². The Morgan fingerprint density at radius 2 is 1.39 bits per heavy atom. The lowest BCUT2D eigenvalue weighted by atomic mass is 9.78. The summed E-state index contributed by atoms with van der Waals surface area (Å²) in [7, 11) is 6.34. The van der Waals surface area contributed by atoms with Gasteiger partial charge in [-0.25, -0.2) is 24.1 Å². The van der Waals surface area contributed by atoms with Crippen molar-refractivity contribution in [2.24, 2.45) is 35.5 Å². The molecule has 33 heteroatoms. The van der Waals surface area contributed by atoms with E-state index in [9.17, 15) is 34.2 Å². The molecule has 3 aliphatic heterocycles. The van der Waals surface area contributed by atoms with Crippen LogP contribution in [0.5, 0.6) is 0 Å². The van der Waals surface area contributed by atoms with Gasteiger partial charge in [0.2, 0.25) is 11.7 Å². The summed E-state index contributed by atoms with van der Waals surface area (Å²) >= 11 is 0. The first kappa shape index (κ1) is 103. The highest BCUT2D eigenvalue weighted by Crippen LogP contribution is 2.40. The van der Waals surface area contributed by atoms with Crippen molar-refractivity contribution in [3.63, 3.8) is 0 Å². The van der Waals surface area contributed by atoms with Crippen molar-refractivity contribution in [3.05, 3.63) is 95.4 Å². The van der Waals surface area contributed by atoms with E-state index in [1.165, 1.54) is 18.3 Å². The van der Waals surface area contributed by atoms with Gasteiger partial charge in [-0.2, -0.15) is 5.10 Å². The van der Waals surface area contributed by atoms with Crippen molar-refractivity contribution < 1.29 is 105 Å². The zero-order valence-electron chi connectivity index (χ0n) is 77.0. The number of hydrogen-bond acceptors (Lipinski definition) is 29. The van der Waals surface area contributed by atoms with Crippen LogP contribution in [0.1, 0.15) is 175 Å². The van der Waals surface area contributed by atoms with Gasteiger partial charge in [0.1, 0.15) is 42.2 Å². The van der Waals surface area contributed by atoms with E-state index >= 15 is 0 Å². The topological polar surface area (TPSA) is 393 Å². The summed E-state index contributed by atoms with van der Waals surface area (Å²) in [5, 5.41) is 41.2. The molecule has 127 heavy (non-hydrogen) atoms. The average Bonchev–Trinajstić information content (AvgIpc) is 1.67. The molecule has 708 valence electrons. The minimum atomic E-state index is -2.43. The van der Waals surface area contributed by atoms with Crippen LogP contribution in [-0.2, 0) is 121 Å². The standard InChI is InChI=1S/C94H145N11O22/c1-64-22-13-12-14-23-65(2)79(113-8)59-75-30-28-70(7)94(112,127-75)89(109)92(110)104-34-18-15-27-77(104)93(111)126-81(60-80(114-9)66(3)55-69(6)87(108)88(116-11)86(107)68(5)54-64)67(4)56-71-29-31-78(82(57-71)115-10)125-37-20-16-25-74-62-103(102-100-74)36-39-118-41-43-120-45-47-122-49-51-124-53-52-123-50-48-121-46-44-119-42-40-117-38-32-83(106)96-33-17-19-35-105-91-84(90(95)98-63-99-91)85(101-105)73-58-72-24-21-26-76(72)97-61-73/h12-14,21-24,55,58,61-64,66-68,70-71,75,77-82,87-88,108,112H,15-20,25-54,56-57,59-60H2,1-11H3,(H,96,106)(H2,95,98,99)/b14-12+,22-13+,65-23+,69-55+/t64-,66-,67-,68-,70-,71+,75+,77+,78-,79+,80-,81+,82-,87-,88+,94-/m1/s1. The Labute approximate surface area is 749 Å². The molecule has 0 unspecified atom stereocenters. The molecule has 1 saturated carbocycles. The highest BCUT2D eigenvalue weighted by Gasteiger charge is 2.53. The molecule has 33 nitrogen and oxygen atoms in total. The number of nitrogens with two attached hydrogens (primary N) is 1. The van der Waals surface area contributed by atoms with E-state index in [0.29, 0.717) is 205 Å². The third kappa shape index (κ3) is 32.8. The molecule has 4 aromatic rings. The second-order valence-electron chi connectivity index (χ2n) is 34.4. The van der Waals surface area contributed by atoms with Crippen LogP contribution >= 0.6 is 0 Å². The summed E-state index contributed by atoms with van der Waals surface area (Å²) in [6, 6.07) is 0.972. The van der Waals surface area contributed by atoms with Gasteiger partial charge in [0, 0.05) is 116 Å². The smallest absolute Gasteiger partial charge is 0.329 e. The van der Waals surface area contributed by atoms with E-state index in [1.807, 2.05) is 81.2 Å². The van der Waals surface area contributed by atoms with Crippen molar-refractivity contribution in [3.8, 4) is 11.3 Å². The number of Topliss-reactive ketones (excluding diaryl/α,β-unsaturated/α-hetero) is 2. The van der Waals surface area contributed by atoms with Crippen molar-refractivity contribution >= 4 is 52.3 Å². The predicted molar refractivity (Wildman–Crippen MR) is 477 cm³/mol. The number of amides is 2. The number of ether oxygens (including phenoxy) is 15. The van der Waals surface area contributed by atoms with Crippen LogP contribution in [0.3, 0.4) is 0 Å². The number of carbonyl (C=O) groups is 5. The number of nitrogen functional groups attached to an aromatic ring is 1. The highest BCUT2D eigenvalue weighted by molar-refractivity contribution is 6.39. The number of ketones is 2. The quantitative estimate of drug-likeness (QED) is 0.0138. The zero-order chi connectivity index (χ0) is 90.9. The number of unbranched alkanes of at least 4 members (excludes halogenated alkanes) is 2. The highest BCUT2D eigenvalue weighted by atomic mass is 16.6. The minimum Gasteiger partial charge on any atom is -0.460 e. The Bertz CT molecular complexity index is 4140. The van der Waals surface area contributed by atoms with Crippen molar-refractivity contribution in [1.29, 1.82) is 0 Å². The fourth-order valence-electron chi connectivity index (χ4n) is 17.2. The van der Waals surface area contributed by atoms with Crippen LogP contribution in [0.15, 0.2) is 78.5 Å². The van der Waals surface area contributed by atoms with E-state index in [0.717, 1.165) is 85.9 Å². The summed E-state index contributed by atoms with van der Waals surface area (Å²) in [6.07, 6.45) is 27.5. The van der Waals surface area contributed by atoms with Gasteiger partial charge in [0.05, 0.1) is 160 Å². The number of hydrogen-bond donors (Lipinski definition) is 4. The second-order valence-corrected chi connectivity index (χ2v) is 34.4. The van der Waals surface area contributed by atoms with Gasteiger partial charge < -0.3 is 97.2 Å². The molecule has 3 fully saturated rings. The van der Waals surface area contributed by atoms with Crippen LogP contribution in [0.25, 0.3) is 28.4 Å². The number of pyridine rings is 1. The van der Waals surface area contributed by atoms with E-state index in [1.54, 1.807) is 39.9 Å². The number of cyclic esters (lactones) is 1. The maximum absolute atomic E-state index is 14.9. The van der Waals surface area contributed by atoms with Crippen LogP contribution in [-0.4, -0.2) is 299 Å². The number of aliphatic hydroxyl groups is 2. The maximum Gasteiger partial charge on any atom is 0.329 e. The Hall–Kier alpha value is -7.55. The first-order valence-corrected chi connectivity index (χ1v) is 46.0. The molecular weight excluding hydrogens is 1640 g/mol. The van der Waals surface area contributed by atoms with Gasteiger partial charge in [0.15, 0.2) is 11.4 Å². The monoisotopic (exact) mass is 1780 g/mol. The van der Waals surface area contributed by atoms with Crippen molar-refractivity contribution in [1.82, 2.24) is 49.9 Å². The van der Waals surface area contributed by atoms with Gasteiger partial charge in [-0.3, -0.25) is 24.2 Å². The van der Waals surface area contributed by atoms with Crippen LogP contribution in [0.4, 0.5) is 5.82 Å². The molecule has 9 rings (SSSR count). The molecule has 5 N–H and O–H groups in total. The Morgan fingerprint density at radius 3 is 2.06 bits per heavy atom. The Morgan fingerprint density at radius 1 is 0.701 bits per heavy atom. The average molecular weight is 1780 g/mol. The lowest BCUT2D eigenvalue weighted by Gasteiger charge is -2.43. The number of carbonyl (C=O) groups excluding carboxylic acids is 5. The molecule has 2 bridgehead atoms. The van der Waals surface area contributed by atoms with Gasteiger partial charge >= 0.3 is 5.97 Å². The summed E-state index contributed by atoms with van der Waals surface area (Å²) in [4.78, 5) is 85.1. The number of rotatable bonds is 46. The molecule has 16 atom stereocenters. The lowest BCUT2D eigenvalue weighted by Crippen LogP contribution is -2.61. The molecule has 4 aromatic heterocycles. The zero-order valence-corrected chi connectivity index (χ0v) is 77.0. The molecule has 0 radical (unpaired) electrons. The SMILES string of the molecule is CO[C@H]1C[C@@H]2CC[C@@H](C)[C@@](O)(O2)C(=O)C(=O)N2CCCC[C@H]2C(=O)O[C@H]([C@H](C)C[C@@H]2CC[C@@H](OCCCCc3cn(CCOCCOCCOCCOCCOCCOCCOCCOCCC(=O)NCCCCn4nc(-c5cnc6c(c5)C=CC6)c5c(N)ncnc54)nn3)[C@H](OC)C2)C[C@@H](OC)[C@H](C)/C=C(\C)[C@@H](O)[C@@H](OC)C(=O)[C@H](C)C[C@H](C)/C=C/C=C/C=C/1C. The van der Waals surface area contributed by atoms with Crippen molar-refractivity contribution in [2.75, 3.05) is 160 Å². The van der Waals surface area contributed by atoms with Crippen molar-refractivity contribution in [2.45, 2.75) is 244 Å². The number of aliphatic hydroxyl groups excluding tert-OH is 1. The summed E-state index contributed by atoms with van der Waals surface area (Å²) < 4.78 is 92.2. The fourth-order valence-corrected chi connectivity index (χ4v) is 17.2. The molecule has 2 saturated heterocycles. The molecule has 5 aliphatic rings. The first-order chi connectivity index (χ1) is 61.5. The molecule has 7 heterocycles. The van der Waals surface area contributed by atoms with Gasteiger partial charge in [-0.15, -0.1) is 5.10 Å². The largest absolute Gasteiger partial charge is 0.460 e. The van der Waals surface area contributed by atoms with Crippen LogP contribution < -0.4 is 11.1 Å². The normalized spacial score (nSPS) is 27.4. The molecule has 2 aliphatic carbocycles. The third-order valence-corrected chi connectivity index (χ3v) is 24.8.